The summed E-state index contributed by atoms with van der Waals surface area (Å²) < 4.78 is 10.9. The van der Waals surface area contributed by atoms with Crippen molar-refractivity contribution in [2.24, 2.45) is 0 Å². The lowest BCUT2D eigenvalue weighted by molar-refractivity contribution is -0.0337. The number of phenols is 1. The fraction of sp³-hybridized carbons (Fsp3) is 0.400. The van der Waals surface area contributed by atoms with E-state index in [1.807, 2.05) is 0 Å². The molecule has 0 radical (unpaired) electrons. The molecule has 1 fully saturated rings. The van der Waals surface area contributed by atoms with Gasteiger partial charge in [-0.25, -0.2) is 0 Å². The summed E-state index contributed by atoms with van der Waals surface area (Å²) in [6.07, 6.45) is 0.873. The van der Waals surface area contributed by atoms with Gasteiger partial charge in [0.1, 0.15) is 11.5 Å². The first kappa shape index (κ1) is 7.21. The van der Waals surface area contributed by atoms with Crippen LogP contribution in [-0.2, 0) is 4.74 Å². The summed E-state index contributed by atoms with van der Waals surface area (Å²) in [6.45, 7) is 0.754. The monoisotopic (exact) mass is 178 g/mol. The standard InChI is InChI=1S/C10H10O3/c11-6-1-2-9-8(5-6)7-3-4-12-10(7)13-9/h1-2,5,7,10-11H,3-4H2/t7-,10+/m0/s1. The Morgan fingerprint density at radius 1 is 1.38 bits per heavy atom. The Hall–Kier alpha value is -1.22. The van der Waals surface area contributed by atoms with E-state index < -0.39 is 0 Å². The molecule has 0 saturated carbocycles. The van der Waals surface area contributed by atoms with Gasteiger partial charge in [0.15, 0.2) is 0 Å². The first-order chi connectivity index (χ1) is 6.34. The van der Waals surface area contributed by atoms with E-state index in [4.69, 9.17) is 9.47 Å². The van der Waals surface area contributed by atoms with Crippen molar-refractivity contribution >= 4 is 0 Å². The van der Waals surface area contributed by atoms with Crippen molar-refractivity contribution in [1.29, 1.82) is 0 Å². The quantitative estimate of drug-likeness (QED) is 0.656. The summed E-state index contributed by atoms with van der Waals surface area (Å²) in [7, 11) is 0. The van der Waals surface area contributed by atoms with Gasteiger partial charge in [0.05, 0.1) is 12.5 Å². The lowest BCUT2D eigenvalue weighted by atomic mass is 9.99. The first-order valence-electron chi connectivity index (χ1n) is 4.46. The normalized spacial score (nSPS) is 29.5. The van der Waals surface area contributed by atoms with E-state index in [2.05, 4.69) is 0 Å². The number of rotatable bonds is 0. The molecule has 1 aromatic rings. The zero-order chi connectivity index (χ0) is 8.84. The second-order valence-electron chi connectivity index (χ2n) is 3.47. The molecule has 68 valence electrons. The number of benzene rings is 1. The van der Waals surface area contributed by atoms with E-state index in [1.165, 1.54) is 0 Å². The third-order valence-corrected chi connectivity index (χ3v) is 2.68. The Labute approximate surface area is 75.9 Å². The van der Waals surface area contributed by atoms with Gasteiger partial charge in [0, 0.05) is 5.56 Å². The predicted octanol–water partition coefficient (Wildman–Crippen LogP) is 1.61. The van der Waals surface area contributed by atoms with Gasteiger partial charge < -0.3 is 14.6 Å². The molecular formula is C10H10O3. The maximum absolute atomic E-state index is 9.32. The van der Waals surface area contributed by atoms with Crippen molar-refractivity contribution in [3.05, 3.63) is 23.8 Å². The predicted molar refractivity (Wildman–Crippen MR) is 45.8 cm³/mol. The number of hydrogen-bond donors (Lipinski definition) is 1. The van der Waals surface area contributed by atoms with Crippen LogP contribution in [0.1, 0.15) is 17.9 Å². The van der Waals surface area contributed by atoms with E-state index in [0.29, 0.717) is 11.7 Å². The van der Waals surface area contributed by atoms with Crippen LogP contribution in [0.15, 0.2) is 18.2 Å². The number of hydrogen-bond acceptors (Lipinski definition) is 3. The molecule has 1 N–H and O–H groups in total. The lowest BCUT2D eigenvalue weighted by Crippen LogP contribution is -2.13. The maximum atomic E-state index is 9.32. The van der Waals surface area contributed by atoms with Gasteiger partial charge in [0.25, 0.3) is 0 Å². The van der Waals surface area contributed by atoms with Crippen LogP contribution in [0.3, 0.4) is 0 Å². The Bertz CT molecular complexity index is 348. The summed E-state index contributed by atoms with van der Waals surface area (Å²) >= 11 is 0. The van der Waals surface area contributed by atoms with E-state index >= 15 is 0 Å². The second kappa shape index (κ2) is 2.39. The molecule has 1 saturated heterocycles. The molecule has 2 aliphatic heterocycles. The fourth-order valence-electron chi connectivity index (χ4n) is 2.04. The Balaban J connectivity index is 2.09. The van der Waals surface area contributed by atoms with Crippen LogP contribution in [0.4, 0.5) is 0 Å². The van der Waals surface area contributed by atoms with Gasteiger partial charge in [0.2, 0.25) is 6.29 Å². The largest absolute Gasteiger partial charge is 0.508 e. The van der Waals surface area contributed by atoms with E-state index in [-0.39, 0.29) is 6.29 Å². The first-order valence-corrected chi connectivity index (χ1v) is 4.46. The molecule has 13 heavy (non-hydrogen) atoms. The summed E-state index contributed by atoms with van der Waals surface area (Å²) in [5, 5.41) is 9.32. The zero-order valence-corrected chi connectivity index (χ0v) is 7.06. The van der Waals surface area contributed by atoms with Crippen molar-refractivity contribution in [3.63, 3.8) is 0 Å². The Morgan fingerprint density at radius 2 is 2.31 bits per heavy atom. The maximum Gasteiger partial charge on any atom is 0.206 e. The average molecular weight is 178 g/mol. The topological polar surface area (TPSA) is 38.7 Å². The van der Waals surface area contributed by atoms with Crippen LogP contribution < -0.4 is 4.74 Å². The smallest absolute Gasteiger partial charge is 0.206 e. The van der Waals surface area contributed by atoms with Crippen molar-refractivity contribution in [3.8, 4) is 11.5 Å². The van der Waals surface area contributed by atoms with Crippen molar-refractivity contribution in [2.45, 2.75) is 18.6 Å². The van der Waals surface area contributed by atoms with Gasteiger partial charge in [-0.2, -0.15) is 0 Å². The highest BCUT2D eigenvalue weighted by atomic mass is 16.7. The molecule has 0 unspecified atom stereocenters. The van der Waals surface area contributed by atoms with Crippen molar-refractivity contribution in [1.82, 2.24) is 0 Å². The lowest BCUT2D eigenvalue weighted by Gasteiger charge is -2.06. The van der Waals surface area contributed by atoms with Crippen molar-refractivity contribution < 1.29 is 14.6 Å². The van der Waals surface area contributed by atoms with Crippen LogP contribution >= 0.6 is 0 Å². The summed E-state index contributed by atoms with van der Waals surface area (Å²) in [4.78, 5) is 0. The zero-order valence-electron chi connectivity index (χ0n) is 7.06. The molecule has 0 spiro atoms. The summed E-state index contributed by atoms with van der Waals surface area (Å²) in [5.74, 6) is 1.48. The third-order valence-electron chi connectivity index (χ3n) is 2.68. The van der Waals surface area contributed by atoms with Crippen LogP contribution in [0.2, 0.25) is 0 Å². The van der Waals surface area contributed by atoms with Crippen LogP contribution in [0.5, 0.6) is 11.5 Å². The van der Waals surface area contributed by atoms with Gasteiger partial charge in [-0.3, -0.25) is 0 Å². The van der Waals surface area contributed by atoms with Gasteiger partial charge >= 0.3 is 0 Å². The minimum atomic E-state index is -0.114. The molecule has 2 aliphatic rings. The number of phenolic OH excluding ortho intramolecular Hbond substituents is 1. The highest BCUT2D eigenvalue weighted by Crippen LogP contribution is 2.44. The van der Waals surface area contributed by atoms with E-state index in [1.54, 1.807) is 18.2 Å². The molecule has 3 nitrogen and oxygen atoms in total. The third kappa shape index (κ3) is 0.937. The second-order valence-corrected chi connectivity index (χ2v) is 3.47. The number of fused-ring (bicyclic) bond motifs is 3. The minimum Gasteiger partial charge on any atom is -0.508 e. The van der Waals surface area contributed by atoms with Crippen LogP contribution in [0, 0.1) is 0 Å². The van der Waals surface area contributed by atoms with Crippen molar-refractivity contribution in [2.75, 3.05) is 6.61 Å². The van der Waals surface area contributed by atoms with E-state index in [9.17, 15) is 5.11 Å². The van der Waals surface area contributed by atoms with E-state index in [0.717, 1.165) is 24.3 Å². The molecule has 1 aromatic carbocycles. The molecule has 0 bridgehead atoms. The number of aromatic hydroxyl groups is 1. The highest BCUT2D eigenvalue weighted by Gasteiger charge is 2.39. The molecule has 0 aromatic heterocycles. The Kier molecular flexibility index (Phi) is 1.32. The van der Waals surface area contributed by atoms with Crippen LogP contribution in [0.25, 0.3) is 0 Å². The Morgan fingerprint density at radius 3 is 3.23 bits per heavy atom. The highest BCUT2D eigenvalue weighted by molar-refractivity contribution is 5.45. The van der Waals surface area contributed by atoms with Crippen LogP contribution in [-0.4, -0.2) is 18.0 Å². The summed E-state index contributed by atoms with van der Waals surface area (Å²) in [6, 6.07) is 5.21. The molecule has 3 rings (SSSR count). The molecule has 2 heterocycles. The number of ether oxygens (including phenoxy) is 2. The summed E-state index contributed by atoms with van der Waals surface area (Å²) in [5.41, 5.74) is 1.09. The average Bonchev–Trinajstić information content (AvgIpc) is 2.64. The molecule has 0 amide bonds. The minimum absolute atomic E-state index is 0.114. The molecule has 2 atom stereocenters. The SMILES string of the molecule is Oc1ccc2c(c1)[C@@H]1CCO[C@@H]1O2. The van der Waals surface area contributed by atoms with Gasteiger partial charge in [-0.15, -0.1) is 0 Å². The fourth-order valence-corrected chi connectivity index (χ4v) is 2.04. The molecule has 0 aliphatic carbocycles. The van der Waals surface area contributed by atoms with Gasteiger partial charge in [-0.05, 0) is 24.6 Å². The molecular weight excluding hydrogens is 168 g/mol. The van der Waals surface area contributed by atoms with Gasteiger partial charge in [-0.1, -0.05) is 0 Å². The molecule has 3 heteroatoms.